The highest BCUT2D eigenvalue weighted by Gasteiger charge is 2.78. The summed E-state index contributed by atoms with van der Waals surface area (Å²) in [5, 5.41) is 4.23. The third-order valence-corrected chi connectivity index (χ3v) is 6.41. The summed E-state index contributed by atoms with van der Waals surface area (Å²) in [6, 6.07) is 15.9. The summed E-state index contributed by atoms with van der Waals surface area (Å²) in [5.74, 6) is 1.42. The molecule has 0 amide bonds. The molecule has 7 heteroatoms. The number of benzene rings is 2. The molecule has 1 saturated heterocycles. The van der Waals surface area contributed by atoms with Gasteiger partial charge in [0.1, 0.15) is 5.75 Å². The predicted molar refractivity (Wildman–Crippen MR) is 118 cm³/mol. The topological polar surface area (TPSA) is 46.7 Å². The normalized spacial score (nSPS) is 20.7. The Morgan fingerprint density at radius 3 is 2.60 bits per heavy atom. The van der Waals surface area contributed by atoms with Gasteiger partial charge in [0.15, 0.2) is 5.60 Å². The van der Waals surface area contributed by atoms with Crippen molar-refractivity contribution in [2.75, 3.05) is 23.9 Å². The van der Waals surface area contributed by atoms with E-state index in [1.165, 1.54) is 11.8 Å². The Labute approximate surface area is 179 Å². The van der Waals surface area contributed by atoms with Crippen LogP contribution in [0.25, 0.3) is 10.9 Å². The maximum atomic E-state index is 14.7. The van der Waals surface area contributed by atoms with Gasteiger partial charge in [-0.15, -0.1) is 0 Å². The molecule has 1 aliphatic heterocycles. The van der Waals surface area contributed by atoms with Crippen LogP contribution in [0.2, 0.25) is 0 Å². The Morgan fingerprint density at radius 1 is 1.13 bits per heavy atom. The molecule has 0 saturated carbocycles. The standard InChI is InChI=1S/C23H24F2N2O2S/c1-4-30-14-22(23(24,25)29-22)21(17-8-5-6-11-20(17)28-3)27-19-10-7-9-18-16(19)13-12-15(2)26-18/h5-13,21,27H,4,14H2,1-3H3. The lowest BCUT2D eigenvalue weighted by molar-refractivity contribution is 0.000669. The molecule has 1 aromatic heterocycles. The third kappa shape index (κ3) is 3.61. The number of rotatable bonds is 8. The van der Waals surface area contributed by atoms with Gasteiger partial charge in [-0.3, -0.25) is 9.72 Å². The molecule has 30 heavy (non-hydrogen) atoms. The Hall–Kier alpha value is -2.38. The van der Waals surface area contributed by atoms with Gasteiger partial charge in [0.05, 0.1) is 18.7 Å². The van der Waals surface area contributed by atoms with Crippen LogP contribution in [0.1, 0.15) is 24.2 Å². The largest absolute Gasteiger partial charge is 0.496 e. The lowest BCUT2D eigenvalue weighted by Crippen LogP contribution is -2.36. The van der Waals surface area contributed by atoms with Crippen LogP contribution in [0, 0.1) is 6.92 Å². The van der Waals surface area contributed by atoms with Crippen molar-refractivity contribution in [1.29, 1.82) is 0 Å². The zero-order valence-electron chi connectivity index (χ0n) is 17.1. The third-order valence-electron chi connectivity index (χ3n) is 5.37. The lowest BCUT2D eigenvalue weighted by Gasteiger charge is -2.28. The Bertz CT molecular complexity index is 1060. The van der Waals surface area contributed by atoms with E-state index in [1.54, 1.807) is 19.2 Å². The van der Waals surface area contributed by atoms with E-state index in [4.69, 9.17) is 9.47 Å². The van der Waals surface area contributed by atoms with E-state index in [0.717, 1.165) is 28.0 Å². The first-order valence-electron chi connectivity index (χ1n) is 9.83. The van der Waals surface area contributed by atoms with E-state index >= 15 is 0 Å². The van der Waals surface area contributed by atoms with Crippen LogP contribution in [0.4, 0.5) is 14.5 Å². The first kappa shape index (κ1) is 20.9. The smallest absolute Gasteiger partial charge is 0.389 e. The number of hydrogen-bond donors (Lipinski definition) is 1. The van der Waals surface area contributed by atoms with Gasteiger partial charge < -0.3 is 10.1 Å². The van der Waals surface area contributed by atoms with Crippen LogP contribution in [0.5, 0.6) is 5.75 Å². The molecule has 2 atom stereocenters. The maximum absolute atomic E-state index is 14.7. The minimum absolute atomic E-state index is 0.161. The number of hydrogen-bond acceptors (Lipinski definition) is 5. The predicted octanol–water partition coefficient (Wildman–Crippen LogP) is 5.82. The summed E-state index contributed by atoms with van der Waals surface area (Å²) in [6.45, 7) is 3.87. The van der Waals surface area contributed by atoms with Gasteiger partial charge in [-0.2, -0.15) is 20.5 Å². The molecule has 0 radical (unpaired) electrons. The fraction of sp³-hybridized carbons (Fsp3) is 0.348. The quantitative estimate of drug-likeness (QED) is 0.456. The second kappa shape index (κ2) is 8.04. The molecule has 2 unspecified atom stereocenters. The highest BCUT2D eigenvalue weighted by atomic mass is 32.2. The molecule has 1 N–H and O–H groups in total. The van der Waals surface area contributed by atoms with Crippen molar-refractivity contribution in [3.05, 3.63) is 65.9 Å². The lowest BCUT2D eigenvalue weighted by atomic mass is 9.92. The molecule has 1 fully saturated rings. The Kier molecular flexibility index (Phi) is 5.59. The highest BCUT2D eigenvalue weighted by Crippen LogP contribution is 2.60. The molecular formula is C23H24F2N2O2S. The number of halogens is 2. The van der Waals surface area contributed by atoms with Gasteiger partial charge in [0.25, 0.3) is 0 Å². The Morgan fingerprint density at radius 2 is 1.90 bits per heavy atom. The number of anilines is 1. The van der Waals surface area contributed by atoms with Crippen LogP contribution < -0.4 is 10.1 Å². The number of nitrogens with zero attached hydrogens (tertiary/aromatic N) is 1. The number of aromatic nitrogens is 1. The van der Waals surface area contributed by atoms with E-state index < -0.39 is 17.8 Å². The molecule has 0 aliphatic carbocycles. The number of fused-ring (bicyclic) bond motifs is 1. The molecule has 158 valence electrons. The van der Waals surface area contributed by atoms with Crippen LogP contribution in [-0.4, -0.2) is 35.3 Å². The van der Waals surface area contributed by atoms with E-state index in [0.29, 0.717) is 11.3 Å². The second-order valence-electron chi connectivity index (χ2n) is 7.29. The second-order valence-corrected chi connectivity index (χ2v) is 8.56. The average molecular weight is 431 g/mol. The highest BCUT2D eigenvalue weighted by molar-refractivity contribution is 7.99. The number of alkyl halides is 2. The van der Waals surface area contributed by atoms with E-state index in [-0.39, 0.29) is 5.75 Å². The molecule has 2 aromatic carbocycles. The SMILES string of the molecule is CCSCC1(C(Nc2cccc3nc(C)ccc23)c2ccccc2OC)OC1(F)F. The first-order chi connectivity index (χ1) is 14.4. The molecule has 0 spiro atoms. The molecule has 2 heterocycles. The van der Waals surface area contributed by atoms with Gasteiger partial charge in [0, 0.05) is 28.1 Å². The van der Waals surface area contributed by atoms with Gasteiger partial charge in [-0.05, 0) is 43.0 Å². The van der Waals surface area contributed by atoms with Crippen LogP contribution in [-0.2, 0) is 4.74 Å². The van der Waals surface area contributed by atoms with Crippen LogP contribution in [0.3, 0.4) is 0 Å². The van der Waals surface area contributed by atoms with Gasteiger partial charge in [0.2, 0.25) is 0 Å². The number of thioether (sulfide) groups is 1. The Balaban J connectivity index is 1.83. The summed E-state index contributed by atoms with van der Waals surface area (Å²) < 4.78 is 40.0. The summed E-state index contributed by atoms with van der Waals surface area (Å²) in [4.78, 5) is 4.56. The van der Waals surface area contributed by atoms with Gasteiger partial charge in [-0.25, -0.2) is 0 Å². The average Bonchev–Trinajstić information content (AvgIpc) is 3.31. The fourth-order valence-electron chi connectivity index (χ4n) is 3.77. The van der Waals surface area contributed by atoms with Crippen molar-refractivity contribution >= 4 is 28.4 Å². The summed E-state index contributed by atoms with van der Waals surface area (Å²) in [6.07, 6.45) is -3.23. The summed E-state index contributed by atoms with van der Waals surface area (Å²) in [5.41, 5.74) is 1.39. The van der Waals surface area contributed by atoms with Crippen molar-refractivity contribution in [3.63, 3.8) is 0 Å². The van der Waals surface area contributed by atoms with Gasteiger partial charge in [-0.1, -0.05) is 31.2 Å². The molecular weight excluding hydrogens is 406 g/mol. The number of nitrogens with one attached hydrogen (secondary N) is 1. The number of pyridine rings is 1. The molecule has 4 rings (SSSR count). The maximum Gasteiger partial charge on any atom is 0.389 e. The number of methoxy groups -OCH3 is 1. The van der Waals surface area contributed by atoms with Crippen molar-refractivity contribution in [2.45, 2.75) is 31.6 Å². The number of aryl methyl sites for hydroxylation is 1. The minimum Gasteiger partial charge on any atom is -0.496 e. The molecule has 0 bridgehead atoms. The van der Waals surface area contributed by atoms with Crippen molar-refractivity contribution in [3.8, 4) is 5.75 Å². The zero-order chi connectivity index (χ0) is 21.4. The van der Waals surface area contributed by atoms with E-state index in [1.807, 2.05) is 56.3 Å². The number of para-hydroxylation sites is 1. The summed E-state index contributed by atoms with van der Waals surface area (Å²) in [7, 11) is 1.54. The first-order valence-corrected chi connectivity index (χ1v) is 11.0. The van der Waals surface area contributed by atoms with E-state index in [9.17, 15) is 8.78 Å². The van der Waals surface area contributed by atoms with Crippen LogP contribution in [0.15, 0.2) is 54.6 Å². The van der Waals surface area contributed by atoms with Crippen LogP contribution >= 0.6 is 11.8 Å². The monoisotopic (exact) mass is 430 g/mol. The number of ether oxygens (including phenoxy) is 2. The zero-order valence-corrected chi connectivity index (χ0v) is 17.9. The van der Waals surface area contributed by atoms with Crippen molar-refractivity contribution < 1.29 is 18.3 Å². The summed E-state index contributed by atoms with van der Waals surface area (Å²) >= 11 is 1.43. The molecule has 3 aromatic rings. The van der Waals surface area contributed by atoms with Crippen molar-refractivity contribution in [1.82, 2.24) is 4.98 Å². The van der Waals surface area contributed by atoms with Gasteiger partial charge >= 0.3 is 6.11 Å². The van der Waals surface area contributed by atoms with E-state index in [2.05, 4.69) is 10.3 Å². The molecule has 1 aliphatic rings. The fourth-order valence-corrected chi connectivity index (χ4v) is 4.67. The molecule has 4 nitrogen and oxygen atoms in total. The number of epoxide rings is 1. The minimum atomic E-state index is -3.23. The van der Waals surface area contributed by atoms with Crippen molar-refractivity contribution in [2.24, 2.45) is 0 Å².